The Balaban J connectivity index is 1.73. The van der Waals surface area contributed by atoms with E-state index >= 15 is 0 Å². The summed E-state index contributed by atoms with van der Waals surface area (Å²) in [5.74, 6) is 1.83. The quantitative estimate of drug-likeness (QED) is 0.284. The van der Waals surface area contributed by atoms with Crippen molar-refractivity contribution in [1.82, 2.24) is 0 Å². The Bertz CT molecular complexity index is 1380. The molecule has 0 radical (unpaired) electrons. The Morgan fingerprint density at radius 2 is 1.80 bits per heavy atom. The zero-order valence-corrected chi connectivity index (χ0v) is 20.6. The van der Waals surface area contributed by atoms with E-state index < -0.39 is 0 Å². The molecule has 180 valence electrons. The number of ether oxygens (including phenoxy) is 3. The second-order valence-electron chi connectivity index (χ2n) is 8.08. The molecule has 35 heavy (non-hydrogen) atoms. The Kier molecular flexibility index (Phi) is 7.11. The summed E-state index contributed by atoms with van der Waals surface area (Å²) >= 11 is 0. The van der Waals surface area contributed by atoms with E-state index in [0.29, 0.717) is 23.8 Å². The molecule has 1 N–H and O–H groups in total. The SMILES string of the molecule is CCOc1ccc(-c2coc3c(C)c(OC)c(/C(C)=C/C(=O)Nc4ccccc4OC)cc23)cc1. The van der Waals surface area contributed by atoms with Crippen LogP contribution in [0, 0.1) is 6.92 Å². The number of carbonyl (C=O) groups is 1. The van der Waals surface area contributed by atoms with Crippen LogP contribution < -0.4 is 19.5 Å². The minimum absolute atomic E-state index is 0.259. The van der Waals surface area contributed by atoms with Gasteiger partial charge in [0.1, 0.15) is 22.8 Å². The van der Waals surface area contributed by atoms with Gasteiger partial charge >= 0.3 is 0 Å². The van der Waals surface area contributed by atoms with Crippen LogP contribution in [0.25, 0.3) is 27.7 Å². The number of anilines is 1. The summed E-state index contributed by atoms with van der Waals surface area (Å²) in [6.45, 7) is 6.42. The van der Waals surface area contributed by atoms with Crippen LogP contribution in [0.5, 0.6) is 17.2 Å². The standard InChI is InChI=1S/C29H29NO5/c1-6-34-21-13-11-20(12-14-21)24-17-35-29-19(3)28(33-5)22(16-23(24)29)18(2)15-27(31)30-25-9-7-8-10-26(25)32-4/h7-17H,6H2,1-5H3,(H,30,31)/b18-15+. The zero-order chi connectivity index (χ0) is 24.9. The highest BCUT2D eigenvalue weighted by Crippen LogP contribution is 2.41. The predicted molar refractivity (Wildman–Crippen MR) is 139 cm³/mol. The molecule has 4 aromatic rings. The molecule has 1 aromatic heterocycles. The number of para-hydroxylation sites is 2. The molecule has 4 rings (SSSR count). The van der Waals surface area contributed by atoms with Gasteiger partial charge in [-0.15, -0.1) is 0 Å². The van der Waals surface area contributed by atoms with Crippen molar-refractivity contribution < 1.29 is 23.4 Å². The molecule has 3 aromatic carbocycles. The van der Waals surface area contributed by atoms with E-state index in [1.807, 2.05) is 63.2 Å². The summed E-state index contributed by atoms with van der Waals surface area (Å²) in [5.41, 5.74) is 5.78. The summed E-state index contributed by atoms with van der Waals surface area (Å²) in [4.78, 5) is 12.8. The Hall–Kier alpha value is -4.19. The molecule has 0 aliphatic rings. The smallest absolute Gasteiger partial charge is 0.248 e. The highest BCUT2D eigenvalue weighted by Gasteiger charge is 2.19. The fraction of sp³-hybridized carbons (Fsp3) is 0.207. The first-order chi connectivity index (χ1) is 17.0. The predicted octanol–water partition coefficient (Wildman–Crippen LogP) is 6.87. The number of rotatable bonds is 8. The maximum atomic E-state index is 12.8. The van der Waals surface area contributed by atoms with Crippen molar-refractivity contribution in [3.8, 4) is 28.4 Å². The third-order valence-corrected chi connectivity index (χ3v) is 5.86. The summed E-state index contributed by atoms with van der Waals surface area (Å²) < 4.78 is 22.6. The third kappa shape index (κ3) is 4.87. The van der Waals surface area contributed by atoms with Crippen LogP contribution in [0.4, 0.5) is 5.69 Å². The summed E-state index contributed by atoms with van der Waals surface area (Å²) in [7, 11) is 3.19. The van der Waals surface area contributed by atoms with Crippen molar-refractivity contribution in [2.75, 3.05) is 26.1 Å². The molecule has 1 amide bonds. The minimum Gasteiger partial charge on any atom is -0.496 e. The lowest BCUT2D eigenvalue weighted by molar-refractivity contribution is -0.111. The number of hydrogen-bond donors (Lipinski definition) is 1. The zero-order valence-electron chi connectivity index (χ0n) is 20.6. The lowest BCUT2D eigenvalue weighted by Crippen LogP contribution is -2.09. The average molecular weight is 472 g/mol. The van der Waals surface area contributed by atoms with Gasteiger partial charge in [0, 0.05) is 28.2 Å². The second kappa shape index (κ2) is 10.4. The van der Waals surface area contributed by atoms with Gasteiger partial charge in [-0.3, -0.25) is 4.79 Å². The molecule has 0 aliphatic heterocycles. The lowest BCUT2D eigenvalue weighted by Gasteiger charge is -2.14. The van der Waals surface area contributed by atoms with Crippen molar-refractivity contribution in [2.24, 2.45) is 0 Å². The number of amides is 1. The highest BCUT2D eigenvalue weighted by molar-refractivity contribution is 6.06. The van der Waals surface area contributed by atoms with Gasteiger partial charge in [0.25, 0.3) is 0 Å². The minimum atomic E-state index is -0.259. The first-order valence-corrected chi connectivity index (χ1v) is 11.4. The monoisotopic (exact) mass is 471 g/mol. The van der Waals surface area contributed by atoms with Gasteiger partial charge in [-0.05, 0) is 62.2 Å². The molecule has 0 saturated heterocycles. The molecule has 1 heterocycles. The molecular weight excluding hydrogens is 442 g/mol. The maximum absolute atomic E-state index is 12.8. The molecule has 6 nitrogen and oxygen atoms in total. The summed E-state index contributed by atoms with van der Waals surface area (Å²) in [6, 6.07) is 17.2. The van der Waals surface area contributed by atoms with Crippen LogP contribution in [0.1, 0.15) is 25.0 Å². The van der Waals surface area contributed by atoms with Crippen LogP contribution in [0.15, 0.2) is 71.4 Å². The van der Waals surface area contributed by atoms with E-state index in [0.717, 1.165) is 44.5 Å². The van der Waals surface area contributed by atoms with Gasteiger partial charge in [-0.25, -0.2) is 0 Å². The van der Waals surface area contributed by atoms with Crippen molar-refractivity contribution >= 4 is 28.1 Å². The van der Waals surface area contributed by atoms with Crippen molar-refractivity contribution in [3.63, 3.8) is 0 Å². The van der Waals surface area contributed by atoms with E-state index in [1.54, 1.807) is 38.7 Å². The second-order valence-corrected chi connectivity index (χ2v) is 8.08. The van der Waals surface area contributed by atoms with Crippen LogP contribution in [0.2, 0.25) is 0 Å². The fourth-order valence-corrected chi connectivity index (χ4v) is 4.18. The number of methoxy groups -OCH3 is 2. The van der Waals surface area contributed by atoms with E-state index in [4.69, 9.17) is 18.6 Å². The normalized spacial score (nSPS) is 11.4. The number of allylic oxidation sites excluding steroid dienone is 1. The van der Waals surface area contributed by atoms with Crippen molar-refractivity contribution in [1.29, 1.82) is 0 Å². The van der Waals surface area contributed by atoms with Crippen molar-refractivity contribution in [2.45, 2.75) is 20.8 Å². The molecule has 0 spiro atoms. The summed E-state index contributed by atoms with van der Waals surface area (Å²) in [5, 5.41) is 3.83. The Labute approximate surface area is 205 Å². The van der Waals surface area contributed by atoms with E-state index in [9.17, 15) is 4.79 Å². The first-order valence-electron chi connectivity index (χ1n) is 11.4. The van der Waals surface area contributed by atoms with E-state index in [1.165, 1.54) is 0 Å². The van der Waals surface area contributed by atoms with Gasteiger partial charge in [0.15, 0.2) is 0 Å². The van der Waals surface area contributed by atoms with Crippen LogP contribution in [0.3, 0.4) is 0 Å². The number of benzene rings is 3. The van der Waals surface area contributed by atoms with Gasteiger partial charge in [-0.2, -0.15) is 0 Å². The number of aryl methyl sites for hydroxylation is 1. The lowest BCUT2D eigenvalue weighted by atomic mass is 9.96. The highest BCUT2D eigenvalue weighted by atomic mass is 16.5. The Morgan fingerprint density at radius 1 is 1.06 bits per heavy atom. The summed E-state index contributed by atoms with van der Waals surface area (Å²) in [6.07, 6.45) is 3.32. The number of nitrogens with one attached hydrogen (secondary N) is 1. The van der Waals surface area contributed by atoms with Gasteiger partial charge in [0.05, 0.1) is 32.8 Å². The topological polar surface area (TPSA) is 69.9 Å². The molecule has 6 heteroatoms. The van der Waals surface area contributed by atoms with Gasteiger partial charge in [-0.1, -0.05) is 24.3 Å². The largest absolute Gasteiger partial charge is 0.496 e. The molecule has 0 atom stereocenters. The van der Waals surface area contributed by atoms with E-state index in [2.05, 4.69) is 5.32 Å². The van der Waals surface area contributed by atoms with Crippen LogP contribution >= 0.6 is 0 Å². The maximum Gasteiger partial charge on any atom is 0.248 e. The Morgan fingerprint density at radius 3 is 2.49 bits per heavy atom. The molecule has 0 saturated carbocycles. The number of furan rings is 1. The molecule has 0 unspecified atom stereocenters. The van der Waals surface area contributed by atoms with Crippen LogP contribution in [-0.2, 0) is 4.79 Å². The molecule has 0 fully saturated rings. The van der Waals surface area contributed by atoms with E-state index in [-0.39, 0.29) is 5.91 Å². The van der Waals surface area contributed by atoms with Gasteiger partial charge < -0.3 is 23.9 Å². The third-order valence-electron chi connectivity index (χ3n) is 5.86. The first kappa shape index (κ1) is 24.0. The fourth-order valence-electron chi connectivity index (χ4n) is 4.18. The van der Waals surface area contributed by atoms with Crippen molar-refractivity contribution in [3.05, 3.63) is 78.1 Å². The van der Waals surface area contributed by atoms with Gasteiger partial charge in [0.2, 0.25) is 5.91 Å². The molecule has 0 aliphatic carbocycles. The molecule has 0 bridgehead atoms. The molecular formula is C29H29NO5. The number of hydrogen-bond acceptors (Lipinski definition) is 5. The number of fused-ring (bicyclic) bond motifs is 1. The van der Waals surface area contributed by atoms with Crippen LogP contribution in [-0.4, -0.2) is 26.7 Å². The average Bonchev–Trinajstić information content (AvgIpc) is 3.29. The number of carbonyl (C=O) groups excluding carboxylic acids is 1.